The molecule has 4 aromatic carbocycles. The van der Waals surface area contributed by atoms with Crippen molar-refractivity contribution in [1.82, 2.24) is 25.7 Å². The van der Waals surface area contributed by atoms with Crippen LogP contribution in [-0.2, 0) is 29.1 Å². The molecule has 0 spiro atoms. The number of amides is 4. The number of sulfonamides is 1. The number of hydrogen-bond acceptors (Lipinski definition) is 10. The summed E-state index contributed by atoms with van der Waals surface area (Å²) in [5, 5.41) is 8.79. The van der Waals surface area contributed by atoms with Gasteiger partial charge in [0.2, 0.25) is 11.8 Å². The van der Waals surface area contributed by atoms with Crippen molar-refractivity contribution in [2.75, 3.05) is 7.11 Å². The van der Waals surface area contributed by atoms with Crippen LogP contribution in [0, 0.1) is 11.8 Å². The van der Waals surface area contributed by atoms with E-state index >= 15 is 0 Å². The Morgan fingerprint density at radius 1 is 0.852 bits per heavy atom. The lowest BCUT2D eigenvalue weighted by Gasteiger charge is -2.28. The van der Waals surface area contributed by atoms with E-state index < -0.39 is 68.9 Å². The number of methoxy groups -OCH3 is 1. The number of hydrogen-bond donors (Lipinski definition) is 4. The second-order valence-corrected chi connectivity index (χ2v) is 17.7. The molecule has 61 heavy (non-hydrogen) atoms. The van der Waals surface area contributed by atoms with Crippen molar-refractivity contribution in [3.63, 3.8) is 0 Å². The van der Waals surface area contributed by atoms with Crippen LogP contribution < -0.4 is 30.1 Å². The van der Waals surface area contributed by atoms with Crippen LogP contribution >= 0.6 is 0 Å². The molecule has 4 atom stereocenters. The summed E-state index contributed by atoms with van der Waals surface area (Å²) in [5.74, 6) is -2.06. The van der Waals surface area contributed by atoms with Gasteiger partial charge in [0, 0.05) is 29.0 Å². The van der Waals surface area contributed by atoms with E-state index in [2.05, 4.69) is 27.3 Å². The number of alkyl carbamates (subject to hydrolysis) is 1. The molecule has 0 aliphatic heterocycles. The molecule has 0 unspecified atom stereocenters. The average Bonchev–Trinajstić information content (AvgIpc) is 3.95. The zero-order valence-corrected chi connectivity index (χ0v) is 35.5. The van der Waals surface area contributed by atoms with E-state index in [1.54, 1.807) is 78.1 Å². The molecule has 15 heteroatoms. The van der Waals surface area contributed by atoms with Gasteiger partial charge in [-0.05, 0) is 75.1 Å². The minimum atomic E-state index is -4.30. The molecule has 4 amide bonds. The van der Waals surface area contributed by atoms with Crippen LogP contribution in [-0.4, -0.2) is 61.5 Å². The fraction of sp³-hybridized carbons (Fsp3) is 0.283. The lowest BCUT2D eigenvalue weighted by Crippen LogP contribution is -2.56. The Labute approximate surface area is 355 Å². The quantitative estimate of drug-likeness (QED) is 0.0800. The van der Waals surface area contributed by atoms with E-state index in [1.165, 1.54) is 30.3 Å². The van der Waals surface area contributed by atoms with Crippen LogP contribution in [0.1, 0.15) is 52.6 Å². The largest absolute Gasteiger partial charge is 0.497 e. The van der Waals surface area contributed by atoms with Gasteiger partial charge in [-0.2, -0.15) is 0 Å². The first-order valence-corrected chi connectivity index (χ1v) is 21.1. The maximum Gasteiger partial charge on any atom is 0.408 e. The summed E-state index contributed by atoms with van der Waals surface area (Å²) < 4.78 is 45.7. The van der Waals surface area contributed by atoms with Gasteiger partial charge in [-0.1, -0.05) is 80.6 Å². The molecule has 1 aliphatic carbocycles. The van der Waals surface area contributed by atoms with Gasteiger partial charge >= 0.3 is 6.09 Å². The molecule has 0 radical (unpaired) electrons. The predicted molar refractivity (Wildman–Crippen MR) is 230 cm³/mol. The number of pyridine rings is 1. The Kier molecular flexibility index (Phi) is 12.8. The number of nitrogens with zero attached hydrogens (tertiary/aromatic N) is 1. The fourth-order valence-electron chi connectivity index (χ4n) is 6.70. The Morgan fingerprint density at radius 2 is 1.49 bits per heavy atom. The highest BCUT2D eigenvalue weighted by molar-refractivity contribution is 7.90. The molecular weight excluding hydrogens is 799 g/mol. The van der Waals surface area contributed by atoms with Gasteiger partial charge in [0.1, 0.15) is 40.5 Å². The number of benzene rings is 4. The van der Waals surface area contributed by atoms with Crippen LogP contribution in [0.2, 0.25) is 0 Å². The zero-order chi connectivity index (χ0) is 44.1. The lowest BCUT2D eigenvalue weighted by molar-refractivity contribution is -0.133. The topological polar surface area (TPSA) is 191 Å². The van der Waals surface area contributed by atoms with E-state index in [0.717, 1.165) is 5.56 Å². The maximum absolute atomic E-state index is 14.4. The summed E-state index contributed by atoms with van der Waals surface area (Å²) in [6, 6.07) is 28.1. The second kappa shape index (κ2) is 17.9. The smallest absolute Gasteiger partial charge is 0.408 e. The summed E-state index contributed by atoms with van der Waals surface area (Å²) in [6.45, 7) is 12.3. The van der Waals surface area contributed by atoms with Crippen LogP contribution in [0.4, 0.5) is 4.79 Å². The second-order valence-electron chi connectivity index (χ2n) is 16.0. The van der Waals surface area contributed by atoms with Crippen molar-refractivity contribution in [1.29, 1.82) is 0 Å². The number of rotatable bonds is 15. The number of fused-ring (bicyclic) bond motifs is 1. The Bertz CT molecular complexity index is 2540. The fourth-order valence-corrected chi connectivity index (χ4v) is 7.76. The van der Waals surface area contributed by atoms with Crippen molar-refractivity contribution >= 4 is 44.7 Å². The molecule has 0 saturated heterocycles. The van der Waals surface area contributed by atoms with Gasteiger partial charge in [0.15, 0.2) is 0 Å². The zero-order valence-electron chi connectivity index (χ0n) is 34.7. The third-order valence-corrected chi connectivity index (χ3v) is 11.3. The monoisotopic (exact) mass is 847 g/mol. The summed E-state index contributed by atoms with van der Waals surface area (Å²) in [6.07, 6.45) is 0.677. The summed E-state index contributed by atoms with van der Waals surface area (Å²) in [7, 11) is -2.73. The molecule has 5 aromatic rings. The van der Waals surface area contributed by atoms with Crippen LogP contribution in [0.25, 0.3) is 22.2 Å². The van der Waals surface area contributed by atoms with E-state index in [9.17, 15) is 27.6 Å². The highest BCUT2D eigenvalue weighted by Gasteiger charge is 2.61. The molecule has 6 rings (SSSR count). The molecule has 1 heterocycles. The van der Waals surface area contributed by atoms with Gasteiger partial charge in [-0.15, -0.1) is 6.58 Å². The Morgan fingerprint density at radius 3 is 2.08 bits per heavy atom. The van der Waals surface area contributed by atoms with Crippen molar-refractivity contribution in [2.45, 2.75) is 69.2 Å². The molecule has 1 aliphatic rings. The molecule has 1 aromatic heterocycles. The molecular formula is C46H49N5O9S. The number of carbonyl (C=O) groups is 4. The minimum Gasteiger partial charge on any atom is -0.497 e. The molecule has 14 nitrogen and oxygen atoms in total. The van der Waals surface area contributed by atoms with Crippen LogP contribution in [0.3, 0.4) is 0 Å². The maximum atomic E-state index is 14.4. The van der Waals surface area contributed by atoms with Crippen LogP contribution in [0.5, 0.6) is 17.2 Å². The van der Waals surface area contributed by atoms with Gasteiger partial charge in [-0.3, -0.25) is 14.4 Å². The van der Waals surface area contributed by atoms with E-state index in [-0.39, 0.29) is 16.9 Å². The van der Waals surface area contributed by atoms with E-state index in [4.69, 9.17) is 19.2 Å². The third-order valence-electron chi connectivity index (χ3n) is 9.99. The summed E-state index contributed by atoms with van der Waals surface area (Å²) in [4.78, 5) is 59.7. The predicted octanol–water partition coefficient (Wildman–Crippen LogP) is 6.98. The first-order chi connectivity index (χ1) is 28.9. The molecule has 0 bridgehead atoms. The third kappa shape index (κ3) is 10.4. The first kappa shape index (κ1) is 43.8. The van der Waals surface area contributed by atoms with E-state index in [1.807, 2.05) is 48.5 Å². The van der Waals surface area contributed by atoms with Crippen molar-refractivity contribution in [2.24, 2.45) is 11.8 Å². The normalized spacial score (nSPS) is 17.0. The van der Waals surface area contributed by atoms with Gasteiger partial charge < -0.3 is 30.2 Å². The standard InChI is InChI=1S/C46H49N5O9S/c1-8-31-27-46(31,43(54)51-61(56,57)34-17-13-10-14-18-34)50-42(53)40(48-41(52)39(28(2)3)49-44(55)60-45(4,5)6)30-19-21-32(22-20-30)59-38-26-36(29-15-11-9-12-16-29)47-37-25-33(58-7)23-24-35(37)38/h8-26,28,31,39-40H,1,27H2,2-7H3,(H,48,52)(H,49,55)(H,50,53)(H,51,54)/t31-,39+,40+,46-/m1/s1. The van der Waals surface area contributed by atoms with Crippen molar-refractivity contribution < 1.29 is 41.8 Å². The first-order valence-electron chi connectivity index (χ1n) is 19.6. The SMILES string of the molecule is C=C[C@@H]1C[C@]1(NC(=O)[C@@H](NC(=O)[C@@H](NC(=O)OC(C)(C)C)C(C)C)c1ccc(Oc2cc(-c3ccccc3)nc3cc(OC)ccc23)cc1)C(=O)NS(=O)(=O)c1ccccc1. The Hall–Kier alpha value is -6.74. The molecule has 318 valence electrons. The Balaban J connectivity index is 1.32. The highest BCUT2D eigenvalue weighted by atomic mass is 32.2. The number of nitrogens with one attached hydrogen (secondary N) is 4. The number of carbonyl (C=O) groups excluding carboxylic acids is 4. The summed E-state index contributed by atoms with van der Waals surface area (Å²) in [5.41, 5.74) is -0.0762. The van der Waals surface area contributed by atoms with Gasteiger partial charge in [-0.25, -0.2) is 22.9 Å². The highest BCUT2D eigenvalue weighted by Crippen LogP contribution is 2.45. The minimum absolute atomic E-state index is 0.0530. The van der Waals surface area contributed by atoms with Crippen molar-refractivity contribution in [3.05, 3.63) is 127 Å². The van der Waals surface area contributed by atoms with Crippen molar-refractivity contribution in [3.8, 4) is 28.5 Å². The average molecular weight is 848 g/mol. The lowest BCUT2D eigenvalue weighted by atomic mass is 10.0. The number of aromatic nitrogens is 1. The van der Waals surface area contributed by atoms with Gasteiger partial charge in [0.05, 0.1) is 23.2 Å². The molecule has 4 N–H and O–H groups in total. The van der Waals surface area contributed by atoms with Crippen LogP contribution in [0.15, 0.2) is 127 Å². The summed E-state index contributed by atoms with van der Waals surface area (Å²) >= 11 is 0. The molecule has 1 fully saturated rings. The van der Waals surface area contributed by atoms with E-state index in [0.29, 0.717) is 33.8 Å². The van der Waals surface area contributed by atoms with Gasteiger partial charge in [0.25, 0.3) is 15.9 Å². The number of ether oxygens (including phenoxy) is 3. The molecule has 1 saturated carbocycles.